The fraction of sp³-hybridized carbons (Fsp3) is 0.611. The number of rotatable bonds is 7. The molecule has 1 aliphatic heterocycles. The molecule has 0 atom stereocenters. The summed E-state index contributed by atoms with van der Waals surface area (Å²) >= 11 is 0. The van der Waals surface area contributed by atoms with Gasteiger partial charge in [0.15, 0.2) is 5.78 Å². The number of hydrogen-bond donors (Lipinski definition) is 1. The van der Waals surface area contributed by atoms with Gasteiger partial charge in [0.2, 0.25) is 0 Å². The first-order valence-corrected chi connectivity index (χ1v) is 8.57. The monoisotopic (exact) mass is 333 g/mol. The zero-order valence-electron chi connectivity index (χ0n) is 15.2. The van der Waals surface area contributed by atoms with Crippen LogP contribution in [-0.4, -0.2) is 39.3 Å². The lowest BCUT2D eigenvalue weighted by molar-refractivity contribution is -0.131. The van der Waals surface area contributed by atoms with Crippen LogP contribution in [0.4, 0.5) is 4.79 Å². The first kappa shape index (κ1) is 18.2. The molecule has 1 saturated heterocycles. The Labute approximate surface area is 143 Å². The molecule has 24 heavy (non-hydrogen) atoms. The maximum atomic E-state index is 12.8. The second-order valence-corrected chi connectivity index (χ2v) is 6.67. The molecule has 2 rings (SSSR count). The summed E-state index contributed by atoms with van der Waals surface area (Å²) in [6.45, 7) is 7.56. The molecule has 6 heteroatoms. The predicted molar refractivity (Wildman–Crippen MR) is 92.0 cm³/mol. The fourth-order valence-corrected chi connectivity index (χ4v) is 3.50. The Balaban J connectivity index is 2.23. The summed E-state index contributed by atoms with van der Waals surface area (Å²) in [6, 6.07) is 1.35. The number of ketones is 1. The highest BCUT2D eigenvalue weighted by Crippen LogP contribution is 2.28. The standard InChI is InChI=1S/C18H27N3O3/c1-6-8-18(9-7-2)16(23)21(17(24)19-18)11-15(22)14-10-12(3)20(5)13(14)4/h10H,6-9,11H2,1-5H3,(H,19,24). The van der Waals surface area contributed by atoms with Crippen molar-refractivity contribution in [2.24, 2.45) is 7.05 Å². The van der Waals surface area contributed by atoms with Crippen molar-refractivity contribution in [1.82, 2.24) is 14.8 Å². The van der Waals surface area contributed by atoms with Crippen LogP contribution in [0, 0.1) is 13.8 Å². The smallest absolute Gasteiger partial charge is 0.325 e. The van der Waals surface area contributed by atoms with Gasteiger partial charge >= 0.3 is 6.03 Å². The van der Waals surface area contributed by atoms with Crippen LogP contribution < -0.4 is 5.32 Å². The van der Waals surface area contributed by atoms with Crippen molar-refractivity contribution < 1.29 is 14.4 Å². The van der Waals surface area contributed by atoms with Gasteiger partial charge in [0.05, 0.1) is 6.54 Å². The minimum absolute atomic E-state index is 0.204. The number of aromatic nitrogens is 1. The molecular formula is C18H27N3O3. The summed E-state index contributed by atoms with van der Waals surface area (Å²) in [4.78, 5) is 38.8. The molecule has 1 aliphatic rings. The van der Waals surface area contributed by atoms with Gasteiger partial charge in [-0.05, 0) is 32.8 Å². The number of carbonyl (C=O) groups is 3. The number of hydrogen-bond acceptors (Lipinski definition) is 3. The molecule has 0 aliphatic carbocycles. The second-order valence-electron chi connectivity index (χ2n) is 6.67. The van der Waals surface area contributed by atoms with Crippen LogP contribution in [-0.2, 0) is 11.8 Å². The zero-order valence-corrected chi connectivity index (χ0v) is 15.2. The van der Waals surface area contributed by atoms with E-state index in [0.29, 0.717) is 18.4 Å². The van der Waals surface area contributed by atoms with Gasteiger partial charge in [0, 0.05) is 24.0 Å². The summed E-state index contributed by atoms with van der Waals surface area (Å²) < 4.78 is 1.93. The van der Waals surface area contributed by atoms with E-state index < -0.39 is 11.6 Å². The lowest BCUT2D eigenvalue weighted by atomic mass is 9.88. The Morgan fingerprint density at radius 3 is 2.21 bits per heavy atom. The van der Waals surface area contributed by atoms with Gasteiger partial charge in [-0.15, -0.1) is 0 Å². The first-order chi connectivity index (χ1) is 11.3. The van der Waals surface area contributed by atoms with Crippen molar-refractivity contribution in [2.75, 3.05) is 6.54 Å². The van der Waals surface area contributed by atoms with Crippen molar-refractivity contribution in [3.8, 4) is 0 Å². The Bertz CT molecular complexity index is 669. The summed E-state index contributed by atoms with van der Waals surface area (Å²) in [7, 11) is 1.89. The van der Waals surface area contributed by atoms with Crippen molar-refractivity contribution >= 4 is 17.7 Å². The van der Waals surface area contributed by atoms with Crippen molar-refractivity contribution in [3.05, 3.63) is 23.0 Å². The van der Waals surface area contributed by atoms with Gasteiger partial charge < -0.3 is 9.88 Å². The molecule has 1 fully saturated rings. The molecule has 0 bridgehead atoms. The molecule has 1 N–H and O–H groups in total. The predicted octanol–water partition coefficient (Wildman–Crippen LogP) is 2.72. The van der Waals surface area contributed by atoms with Gasteiger partial charge in [-0.1, -0.05) is 26.7 Å². The topological polar surface area (TPSA) is 71.4 Å². The van der Waals surface area contributed by atoms with Gasteiger partial charge in [-0.25, -0.2) is 4.79 Å². The van der Waals surface area contributed by atoms with Crippen LogP contribution >= 0.6 is 0 Å². The average molecular weight is 333 g/mol. The van der Waals surface area contributed by atoms with E-state index in [-0.39, 0.29) is 18.2 Å². The van der Waals surface area contributed by atoms with Crippen LogP contribution in [0.2, 0.25) is 0 Å². The molecule has 0 saturated carbocycles. The number of imide groups is 1. The van der Waals surface area contributed by atoms with Gasteiger partial charge in [0.25, 0.3) is 5.91 Å². The number of nitrogens with one attached hydrogen (secondary N) is 1. The van der Waals surface area contributed by atoms with Gasteiger partial charge in [-0.2, -0.15) is 0 Å². The Kier molecular flexibility index (Phi) is 5.16. The minimum atomic E-state index is -0.845. The van der Waals surface area contributed by atoms with Crippen molar-refractivity contribution in [1.29, 1.82) is 0 Å². The molecule has 1 aromatic heterocycles. The Morgan fingerprint density at radius 2 is 1.75 bits per heavy atom. The van der Waals surface area contributed by atoms with E-state index >= 15 is 0 Å². The quantitative estimate of drug-likeness (QED) is 0.616. The van der Waals surface area contributed by atoms with E-state index in [2.05, 4.69) is 5.32 Å². The van der Waals surface area contributed by atoms with Crippen LogP contribution in [0.15, 0.2) is 6.07 Å². The van der Waals surface area contributed by atoms with Crippen LogP contribution in [0.5, 0.6) is 0 Å². The van der Waals surface area contributed by atoms with Gasteiger partial charge in [-0.3, -0.25) is 14.5 Å². The Hall–Kier alpha value is -2.11. The van der Waals surface area contributed by atoms with E-state index in [1.165, 1.54) is 0 Å². The molecule has 0 aromatic carbocycles. The van der Waals surface area contributed by atoms with Gasteiger partial charge in [0.1, 0.15) is 5.54 Å². The molecule has 2 heterocycles. The number of carbonyl (C=O) groups excluding carboxylic acids is 3. The largest absolute Gasteiger partial charge is 0.351 e. The number of Topliss-reactive ketones (excluding diaryl/α,β-unsaturated/α-hetero) is 1. The summed E-state index contributed by atoms with van der Waals surface area (Å²) in [5, 5.41) is 2.84. The van der Waals surface area contributed by atoms with E-state index in [9.17, 15) is 14.4 Å². The molecule has 1 aromatic rings. The van der Waals surface area contributed by atoms with E-state index in [1.807, 2.05) is 45.4 Å². The third-order valence-corrected chi connectivity index (χ3v) is 4.98. The highest BCUT2D eigenvalue weighted by molar-refractivity contribution is 6.11. The SMILES string of the molecule is CCCC1(CCC)NC(=O)N(CC(=O)c2cc(C)n(C)c2C)C1=O. The molecule has 132 valence electrons. The molecule has 0 radical (unpaired) electrons. The van der Waals surface area contributed by atoms with Crippen molar-refractivity contribution in [3.63, 3.8) is 0 Å². The van der Waals surface area contributed by atoms with E-state index in [4.69, 9.17) is 0 Å². The van der Waals surface area contributed by atoms with Crippen LogP contribution in [0.25, 0.3) is 0 Å². The van der Waals surface area contributed by atoms with Crippen LogP contribution in [0.1, 0.15) is 61.3 Å². The maximum absolute atomic E-state index is 12.8. The summed E-state index contributed by atoms with van der Waals surface area (Å²) in [5.41, 5.74) is 1.54. The number of nitrogens with zero attached hydrogens (tertiary/aromatic N) is 2. The highest BCUT2D eigenvalue weighted by Gasteiger charge is 2.50. The van der Waals surface area contributed by atoms with Crippen molar-refractivity contribution in [2.45, 2.75) is 58.9 Å². The number of urea groups is 1. The third-order valence-electron chi connectivity index (χ3n) is 4.98. The molecule has 6 nitrogen and oxygen atoms in total. The number of amides is 3. The minimum Gasteiger partial charge on any atom is -0.351 e. The second kappa shape index (κ2) is 6.79. The summed E-state index contributed by atoms with van der Waals surface area (Å²) in [6.07, 6.45) is 2.79. The normalized spacial score (nSPS) is 16.6. The summed E-state index contributed by atoms with van der Waals surface area (Å²) in [5.74, 6) is -0.474. The Morgan fingerprint density at radius 1 is 1.17 bits per heavy atom. The third kappa shape index (κ3) is 2.97. The van der Waals surface area contributed by atoms with Crippen LogP contribution in [0.3, 0.4) is 0 Å². The lowest BCUT2D eigenvalue weighted by Crippen LogP contribution is -2.47. The average Bonchev–Trinajstić information content (AvgIpc) is 2.91. The maximum Gasteiger partial charge on any atom is 0.325 e. The molecule has 0 spiro atoms. The molecular weight excluding hydrogens is 306 g/mol. The lowest BCUT2D eigenvalue weighted by Gasteiger charge is -2.25. The van der Waals surface area contributed by atoms with E-state index in [0.717, 1.165) is 29.1 Å². The number of aryl methyl sites for hydroxylation is 1. The molecule has 3 amide bonds. The highest BCUT2D eigenvalue weighted by atomic mass is 16.2. The first-order valence-electron chi connectivity index (χ1n) is 8.57. The fourth-order valence-electron chi connectivity index (χ4n) is 3.50. The van der Waals surface area contributed by atoms with E-state index in [1.54, 1.807) is 0 Å². The zero-order chi connectivity index (χ0) is 18.1. The molecule has 0 unspecified atom stereocenters.